The van der Waals surface area contributed by atoms with Gasteiger partial charge in [-0.3, -0.25) is 4.68 Å². The molecule has 0 aliphatic rings. The lowest BCUT2D eigenvalue weighted by molar-refractivity contribution is 0.178. The number of aromatic nitrogens is 4. The summed E-state index contributed by atoms with van der Waals surface area (Å²) in [5.41, 5.74) is 2.79. The zero-order valence-corrected chi connectivity index (χ0v) is 12.9. The molecule has 98 valence electrons. The molecule has 1 unspecified atom stereocenters. The fourth-order valence-corrected chi connectivity index (χ4v) is 3.11. The SMILES string of the molecule is CCc1nnsc1C(O)Cc1c(Br)c(C)nn1C. The van der Waals surface area contributed by atoms with Gasteiger partial charge in [0.05, 0.1) is 32.5 Å². The topological polar surface area (TPSA) is 63.8 Å². The van der Waals surface area contributed by atoms with Gasteiger partial charge >= 0.3 is 0 Å². The van der Waals surface area contributed by atoms with Crippen molar-refractivity contribution in [2.75, 3.05) is 0 Å². The van der Waals surface area contributed by atoms with Gasteiger partial charge in [0.2, 0.25) is 0 Å². The second-order valence-electron chi connectivity index (χ2n) is 4.13. The Kier molecular flexibility index (Phi) is 4.14. The van der Waals surface area contributed by atoms with Gasteiger partial charge in [-0.05, 0) is 40.8 Å². The first-order chi connectivity index (χ1) is 8.54. The van der Waals surface area contributed by atoms with Crippen molar-refractivity contribution in [1.29, 1.82) is 0 Å². The first-order valence-electron chi connectivity index (χ1n) is 5.71. The highest BCUT2D eigenvalue weighted by Gasteiger charge is 2.20. The molecule has 2 aromatic heterocycles. The lowest BCUT2D eigenvalue weighted by atomic mass is 10.1. The lowest BCUT2D eigenvalue weighted by Crippen LogP contribution is -2.07. The summed E-state index contributed by atoms with van der Waals surface area (Å²) in [5.74, 6) is 0. The van der Waals surface area contributed by atoms with Gasteiger partial charge in [-0.1, -0.05) is 11.4 Å². The zero-order chi connectivity index (χ0) is 13.3. The van der Waals surface area contributed by atoms with Crippen molar-refractivity contribution in [2.24, 2.45) is 7.05 Å². The first-order valence-corrected chi connectivity index (χ1v) is 7.28. The largest absolute Gasteiger partial charge is 0.387 e. The Hall–Kier alpha value is -0.790. The molecule has 0 amide bonds. The molecular formula is C11H15BrN4OS. The average molecular weight is 331 g/mol. The van der Waals surface area contributed by atoms with Crippen molar-refractivity contribution in [1.82, 2.24) is 19.4 Å². The molecule has 2 heterocycles. The van der Waals surface area contributed by atoms with Crippen molar-refractivity contribution in [3.05, 3.63) is 26.4 Å². The summed E-state index contributed by atoms with van der Waals surface area (Å²) in [5, 5.41) is 18.6. The number of hydrogen-bond donors (Lipinski definition) is 1. The summed E-state index contributed by atoms with van der Waals surface area (Å²) >= 11 is 4.77. The number of halogens is 1. The molecule has 0 radical (unpaired) electrons. The van der Waals surface area contributed by atoms with E-state index in [0.717, 1.165) is 32.9 Å². The molecule has 0 bridgehead atoms. The van der Waals surface area contributed by atoms with Gasteiger partial charge in [0.25, 0.3) is 0 Å². The van der Waals surface area contributed by atoms with Crippen LogP contribution in [0.25, 0.3) is 0 Å². The van der Waals surface area contributed by atoms with E-state index in [-0.39, 0.29) is 0 Å². The molecule has 1 N–H and O–H groups in total. The van der Waals surface area contributed by atoms with Crippen LogP contribution in [0.1, 0.15) is 35.0 Å². The Balaban J connectivity index is 2.24. The quantitative estimate of drug-likeness (QED) is 0.933. The molecule has 0 aliphatic carbocycles. The van der Waals surface area contributed by atoms with Crippen LogP contribution in [0.3, 0.4) is 0 Å². The molecule has 18 heavy (non-hydrogen) atoms. The highest BCUT2D eigenvalue weighted by Crippen LogP contribution is 2.28. The van der Waals surface area contributed by atoms with Crippen LogP contribution in [0.2, 0.25) is 0 Å². The van der Waals surface area contributed by atoms with Crippen LogP contribution in [0.5, 0.6) is 0 Å². The maximum atomic E-state index is 10.3. The predicted octanol–water partition coefficient (Wildman–Crippen LogP) is 2.18. The lowest BCUT2D eigenvalue weighted by Gasteiger charge is -2.10. The predicted molar refractivity (Wildman–Crippen MR) is 73.6 cm³/mol. The van der Waals surface area contributed by atoms with Gasteiger partial charge in [0.15, 0.2) is 0 Å². The Labute approximate surface area is 118 Å². The van der Waals surface area contributed by atoms with E-state index in [1.807, 2.05) is 20.9 Å². The molecule has 0 fully saturated rings. The van der Waals surface area contributed by atoms with E-state index < -0.39 is 6.10 Å². The molecule has 0 spiro atoms. The number of nitrogens with zero attached hydrogens (tertiary/aromatic N) is 4. The maximum absolute atomic E-state index is 10.3. The van der Waals surface area contributed by atoms with E-state index in [1.54, 1.807) is 4.68 Å². The van der Waals surface area contributed by atoms with Crippen LogP contribution >= 0.6 is 27.5 Å². The summed E-state index contributed by atoms with van der Waals surface area (Å²) < 4.78 is 6.66. The van der Waals surface area contributed by atoms with Gasteiger partial charge in [-0.25, -0.2) is 0 Å². The average Bonchev–Trinajstić information content (AvgIpc) is 2.90. The zero-order valence-electron chi connectivity index (χ0n) is 10.5. The Morgan fingerprint density at radius 3 is 2.78 bits per heavy atom. The highest BCUT2D eigenvalue weighted by molar-refractivity contribution is 9.10. The van der Waals surface area contributed by atoms with Crippen LogP contribution in [0.4, 0.5) is 0 Å². The van der Waals surface area contributed by atoms with Gasteiger partial charge in [0.1, 0.15) is 0 Å². The summed E-state index contributed by atoms with van der Waals surface area (Å²) in [4.78, 5) is 0.850. The van der Waals surface area contributed by atoms with Gasteiger partial charge in [-0.15, -0.1) is 5.10 Å². The van der Waals surface area contributed by atoms with Gasteiger partial charge < -0.3 is 5.11 Å². The minimum absolute atomic E-state index is 0.509. The fourth-order valence-electron chi connectivity index (χ4n) is 1.89. The molecule has 0 saturated carbocycles. The molecule has 0 saturated heterocycles. The normalized spacial score (nSPS) is 12.9. The molecule has 0 aromatic carbocycles. The van der Waals surface area contributed by atoms with Crippen LogP contribution < -0.4 is 0 Å². The first kappa shape index (κ1) is 13.6. The summed E-state index contributed by atoms with van der Waals surface area (Å²) in [7, 11) is 1.88. The number of aliphatic hydroxyl groups is 1. The Morgan fingerprint density at radius 1 is 1.50 bits per heavy atom. The monoisotopic (exact) mass is 330 g/mol. The number of hydrogen-bond acceptors (Lipinski definition) is 5. The van der Waals surface area contributed by atoms with Crippen LogP contribution in [-0.4, -0.2) is 24.5 Å². The Morgan fingerprint density at radius 2 is 2.22 bits per heavy atom. The van der Waals surface area contributed by atoms with E-state index in [0.29, 0.717) is 6.42 Å². The molecule has 7 heteroatoms. The minimum Gasteiger partial charge on any atom is -0.387 e. The molecule has 1 atom stereocenters. The van der Waals surface area contributed by atoms with Crippen molar-refractivity contribution in [2.45, 2.75) is 32.8 Å². The third kappa shape index (κ3) is 2.48. The second-order valence-corrected chi connectivity index (χ2v) is 5.71. The van der Waals surface area contributed by atoms with Crippen LogP contribution in [0, 0.1) is 6.92 Å². The van der Waals surface area contributed by atoms with Crippen molar-refractivity contribution in [3.63, 3.8) is 0 Å². The van der Waals surface area contributed by atoms with Gasteiger partial charge in [-0.2, -0.15) is 5.10 Å². The number of aliphatic hydroxyl groups excluding tert-OH is 1. The van der Waals surface area contributed by atoms with Crippen LogP contribution in [0.15, 0.2) is 4.47 Å². The van der Waals surface area contributed by atoms with E-state index in [9.17, 15) is 5.11 Å². The van der Waals surface area contributed by atoms with E-state index >= 15 is 0 Å². The smallest absolute Gasteiger partial charge is 0.0972 e. The summed E-state index contributed by atoms with van der Waals surface area (Å²) in [6, 6.07) is 0. The Bertz CT molecular complexity index is 551. The van der Waals surface area contributed by atoms with E-state index in [1.165, 1.54) is 11.5 Å². The van der Waals surface area contributed by atoms with Crippen molar-refractivity contribution < 1.29 is 5.11 Å². The molecule has 0 aliphatic heterocycles. The third-order valence-corrected chi connectivity index (χ3v) is 4.77. The van der Waals surface area contributed by atoms with Crippen LogP contribution in [-0.2, 0) is 19.9 Å². The minimum atomic E-state index is -0.578. The molecule has 2 rings (SSSR count). The summed E-state index contributed by atoms with van der Waals surface area (Å²) in [6.45, 7) is 3.95. The van der Waals surface area contributed by atoms with E-state index in [4.69, 9.17) is 0 Å². The van der Waals surface area contributed by atoms with Crippen molar-refractivity contribution in [3.8, 4) is 0 Å². The van der Waals surface area contributed by atoms with Crippen molar-refractivity contribution >= 4 is 27.5 Å². The maximum Gasteiger partial charge on any atom is 0.0972 e. The standard InChI is InChI=1S/C11H15BrN4OS/c1-4-7-11(18-15-13-7)9(17)5-8-10(12)6(2)14-16(8)3/h9,17H,4-5H2,1-3H3. The van der Waals surface area contributed by atoms with Gasteiger partial charge in [0, 0.05) is 13.5 Å². The fraction of sp³-hybridized carbons (Fsp3) is 0.545. The summed E-state index contributed by atoms with van der Waals surface area (Å²) in [6.07, 6.45) is 0.717. The number of aryl methyl sites for hydroxylation is 3. The highest BCUT2D eigenvalue weighted by atomic mass is 79.9. The molecule has 2 aromatic rings. The second kappa shape index (κ2) is 5.46. The molecule has 5 nitrogen and oxygen atoms in total. The van der Waals surface area contributed by atoms with E-state index in [2.05, 4.69) is 30.6 Å². The molecular weight excluding hydrogens is 316 g/mol. The number of rotatable bonds is 4. The third-order valence-electron chi connectivity index (χ3n) is 2.87.